The van der Waals surface area contributed by atoms with Crippen LogP contribution in [-0.4, -0.2) is 24.8 Å². The second-order valence-corrected chi connectivity index (χ2v) is 11.6. The number of fused-ring (bicyclic) bond motifs is 1. The van der Waals surface area contributed by atoms with E-state index in [1.165, 1.54) is 12.1 Å². The molecule has 196 valence electrons. The molecule has 1 saturated carbocycles. The highest BCUT2D eigenvalue weighted by Crippen LogP contribution is 2.41. The monoisotopic (exact) mass is 532 g/mol. The van der Waals surface area contributed by atoms with Crippen LogP contribution in [0.15, 0.2) is 42.6 Å². The Bertz CT molecular complexity index is 1370. The highest BCUT2D eigenvalue weighted by molar-refractivity contribution is 7.90. The van der Waals surface area contributed by atoms with Crippen LogP contribution in [0.25, 0.3) is 22.0 Å². The van der Waals surface area contributed by atoms with Gasteiger partial charge in [0.25, 0.3) is 0 Å². The fraction of sp³-hybridized carbons (Fsp3) is 0.440. The summed E-state index contributed by atoms with van der Waals surface area (Å²) in [6, 6.07) is 5.88. The highest BCUT2D eigenvalue weighted by Gasteiger charge is 2.37. The molecule has 1 aromatic heterocycles. The van der Waals surface area contributed by atoms with E-state index in [1.54, 1.807) is 6.07 Å². The van der Waals surface area contributed by atoms with Gasteiger partial charge in [0.1, 0.15) is 0 Å². The van der Waals surface area contributed by atoms with E-state index in [4.69, 9.17) is 0 Å². The largest absolute Gasteiger partial charge is 0.417 e. The third kappa shape index (κ3) is 5.72. The van der Waals surface area contributed by atoms with Crippen molar-refractivity contribution in [2.24, 2.45) is 5.92 Å². The number of hydrogen-bond donors (Lipinski definition) is 1. The fourth-order valence-electron chi connectivity index (χ4n) is 4.31. The first-order valence-corrected chi connectivity index (χ1v) is 13.1. The zero-order valence-electron chi connectivity index (χ0n) is 19.7. The van der Waals surface area contributed by atoms with Crippen LogP contribution in [0, 0.1) is 5.92 Å². The summed E-state index contributed by atoms with van der Waals surface area (Å²) in [5, 5.41) is 0.364. The van der Waals surface area contributed by atoms with Gasteiger partial charge in [-0.1, -0.05) is 26.0 Å². The van der Waals surface area contributed by atoms with Gasteiger partial charge < -0.3 is 4.57 Å². The maximum absolute atomic E-state index is 13.7. The van der Waals surface area contributed by atoms with Crippen LogP contribution in [0.3, 0.4) is 0 Å². The number of rotatable bonds is 8. The molecule has 11 heteroatoms. The quantitative estimate of drug-likeness (QED) is 0.331. The molecule has 0 spiro atoms. The molecular weight excluding hydrogens is 506 g/mol. The molecule has 0 atom stereocenters. The zero-order valence-corrected chi connectivity index (χ0v) is 20.5. The molecule has 1 aliphatic rings. The minimum atomic E-state index is -4.84. The van der Waals surface area contributed by atoms with E-state index >= 15 is 0 Å². The molecule has 4 nitrogen and oxygen atoms in total. The van der Waals surface area contributed by atoms with E-state index in [0.717, 1.165) is 5.56 Å². The summed E-state index contributed by atoms with van der Waals surface area (Å²) >= 11 is 0. The van der Waals surface area contributed by atoms with Crippen LogP contribution in [0.1, 0.15) is 43.4 Å². The Kier molecular flexibility index (Phi) is 6.93. The lowest BCUT2D eigenvalue weighted by Gasteiger charge is -2.17. The lowest BCUT2D eigenvalue weighted by Crippen LogP contribution is -2.29. The standard InChI is InChI=1S/C25H26F6N2O2S/c1-15(2)13-33-14-17(9-10-32-36(34,35)19-5-6-19)20-7-3-16(11-23(20)33)21-12-18(24(26,27)28)4-8-22(21)25(29,30)31/h3-4,7-8,11-12,14-15,19,32H,5-6,9-10,13H2,1-2H3. The number of alkyl halides is 6. The SMILES string of the molecule is CC(C)Cn1cc(CCNS(=O)(=O)C2CC2)c2ccc(-c3cc(C(F)(F)F)ccc3C(F)(F)F)cc21. The van der Waals surface area contributed by atoms with E-state index in [-0.39, 0.29) is 23.3 Å². The third-order valence-corrected chi connectivity index (χ3v) is 8.11. The fourth-order valence-corrected chi connectivity index (χ4v) is 5.69. The Morgan fingerprint density at radius 1 is 1.00 bits per heavy atom. The van der Waals surface area contributed by atoms with Crippen molar-refractivity contribution < 1.29 is 34.8 Å². The van der Waals surface area contributed by atoms with Crippen molar-refractivity contribution in [3.63, 3.8) is 0 Å². The first-order valence-electron chi connectivity index (χ1n) is 11.6. The molecule has 1 heterocycles. The summed E-state index contributed by atoms with van der Waals surface area (Å²) in [5.74, 6) is 0.185. The molecular formula is C25H26F6N2O2S. The van der Waals surface area contributed by atoms with Crippen molar-refractivity contribution in [2.45, 2.75) is 57.3 Å². The number of sulfonamides is 1. The zero-order chi connectivity index (χ0) is 26.5. The van der Waals surface area contributed by atoms with Gasteiger partial charge in [-0.2, -0.15) is 26.3 Å². The van der Waals surface area contributed by atoms with Gasteiger partial charge in [-0.25, -0.2) is 13.1 Å². The molecule has 0 radical (unpaired) electrons. The predicted molar refractivity (Wildman–Crippen MR) is 126 cm³/mol. The van der Waals surface area contributed by atoms with E-state index in [2.05, 4.69) is 4.72 Å². The van der Waals surface area contributed by atoms with E-state index in [0.29, 0.717) is 54.9 Å². The molecule has 1 aliphatic carbocycles. The van der Waals surface area contributed by atoms with Crippen LogP contribution in [-0.2, 0) is 35.3 Å². The van der Waals surface area contributed by atoms with Crippen LogP contribution < -0.4 is 4.72 Å². The average molecular weight is 533 g/mol. The first-order chi connectivity index (χ1) is 16.7. The topological polar surface area (TPSA) is 51.1 Å². The summed E-state index contributed by atoms with van der Waals surface area (Å²) in [4.78, 5) is 0. The van der Waals surface area contributed by atoms with Crippen molar-refractivity contribution in [3.8, 4) is 11.1 Å². The van der Waals surface area contributed by atoms with Crippen molar-refractivity contribution in [1.82, 2.24) is 9.29 Å². The molecule has 2 aromatic carbocycles. The number of nitrogens with one attached hydrogen (secondary N) is 1. The van der Waals surface area contributed by atoms with Crippen molar-refractivity contribution in [3.05, 3.63) is 59.3 Å². The predicted octanol–water partition coefficient (Wildman–Crippen LogP) is 6.63. The molecule has 1 N–H and O–H groups in total. The van der Waals surface area contributed by atoms with Crippen LogP contribution >= 0.6 is 0 Å². The third-order valence-electron chi connectivity index (χ3n) is 6.15. The Hall–Kier alpha value is -2.53. The van der Waals surface area contributed by atoms with E-state index in [9.17, 15) is 34.8 Å². The molecule has 0 aliphatic heterocycles. The van der Waals surface area contributed by atoms with Gasteiger partial charge in [0.2, 0.25) is 10.0 Å². The number of halogens is 6. The van der Waals surface area contributed by atoms with Crippen LogP contribution in [0.4, 0.5) is 26.3 Å². The summed E-state index contributed by atoms with van der Waals surface area (Å²) in [6.07, 6.45) is -6.15. The van der Waals surface area contributed by atoms with Gasteiger partial charge in [-0.05, 0) is 66.1 Å². The Balaban J connectivity index is 1.76. The second-order valence-electron chi connectivity index (χ2n) is 9.58. The normalized spacial score (nSPS) is 15.2. The van der Waals surface area contributed by atoms with Crippen molar-refractivity contribution in [1.29, 1.82) is 0 Å². The molecule has 1 fully saturated rings. The summed E-state index contributed by atoms with van der Waals surface area (Å²) in [6.45, 7) is 4.64. The summed E-state index contributed by atoms with van der Waals surface area (Å²) in [5.41, 5.74) is -1.46. The van der Waals surface area contributed by atoms with Gasteiger partial charge in [-0.15, -0.1) is 0 Å². The van der Waals surface area contributed by atoms with Gasteiger partial charge in [0.15, 0.2) is 0 Å². The van der Waals surface area contributed by atoms with Crippen molar-refractivity contribution >= 4 is 20.9 Å². The molecule has 36 heavy (non-hydrogen) atoms. The number of hydrogen-bond acceptors (Lipinski definition) is 2. The van der Waals surface area contributed by atoms with Gasteiger partial charge >= 0.3 is 12.4 Å². The lowest BCUT2D eigenvalue weighted by molar-refractivity contribution is -0.141. The molecule has 4 rings (SSSR count). The van der Waals surface area contributed by atoms with E-state index in [1.807, 2.05) is 24.6 Å². The number of benzene rings is 2. The minimum Gasteiger partial charge on any atom is -0.347 e. The van der Waals surface area contributed by atoms with Crippen molar-refractivity contribution in [2.75, 3.05) is 6.54 Å². The van der Waals surface area contributed by atoms with Gasteiger partial charge in [-0.3, -0.25) is 0 Å². The smallest absolute Gasteiger partial charge is 0.347 e. The Labute approximate surface area is 205 Å². The number of nitrogens with zero attached hydrogens (tertiary/aromatic N) is 1. The maximum Gasteiger partial charge on any atom is 0.417 e. The number of aromatic nitrogens is 1. The first kappa shape index (κ1) is 26.5. The maximum atomic E-state index is 13.7. The highest BCUT2D eigenvalue weighted by atomic mass is 32.2. The Morgan fingerprint density at radius 3 is 2.28 bits per heavy atom. The molecule has 0 amide bonds. The molecule has 3 aromatic rings. The molecule has 0 unspecified atom stereocenters. The Morgan fingerprint density at radius 2 is 1.69 bits per heavy atom. The summed E-state index contributed by atoms with van der Waals surface area (Å²) in [7, 11) is -3.36. The van der Waals surface area contributed by atoms with Crippen LogP contribution in [0.5, 0.6) is 0 Å². The lowest BCUT2D eigenvalue weighted by atomic mass is 9.95. The van der Waals surface area contributed by atoms with Gasteiger partial charge in [0.05, 0.1) is 16.4 Å². The minimum absolute atomic E-state index is 0.0185. The van der Waals surface area contributed by atoms with Gasteiger partial charge in [0, 0.05) is 30.2 Å². The summed E-state index contributed by atoms with van der Waals surface area (Å²) < 4.78 is 110. The molecule has 0 bridgehead atoms. The van der Waals surface area contributed by atoms with E-state index < -0.39 is 39.1 Å². The second kappa shape index (κ2) is 9.41. The average Bonchev–Trinajstić information content (AvgIpc) is 3.57. The van der Waals surface area contributed by atoms with Crippen LogP contribution in [0.2, 0.25) is 0 Å². The molecule has 0 saturated heterocycles.